The zero-order valence-corrected chi connectivity index (χ0v) is 9.51. The van der Waals surface area contributed by atoms with Crippen LogP contribution in [0, 0.1) is 0 Å². The van der Waals surface area contributed by atoms with E-state index < -0.39 is 12.0 Å². The molecule has 1 aromatic carbocycles. The topological polar surface area (TPSA) is 58.6 Å². The third-order valence-electron chi connectivity index (χ3n) is 2.40. The molecular formula is C12H17NO3. The molecule has 0 radical (unpaired) electrons. The van der Waals surface area contributed by atoms with E-state index in [1.165, 1.54) is 0 Å². The lowest BCUT2D eigenvalue weighted by molar-refractivity contribution is -0.143. The van der Waals surface area contributed by atoms with E-state index in [-0.39, 0.29) is 6.10 Å². The van der Waals surface area contributed by atoms with Crippen LogP contribution < -0.4 is 5.32 Å². The van der Waals surface area contributed by atoms with Crippen molar-refractivity contribution in [1.82, 2.24) is 5.32 Å². The first-order chi connectivity index (χ1) is 7.65. The van der Waals surface area contributed by atoms with Gasteiger partial charge in [0.1, 0.15) is 6.04 Å². The van der Waals surface area contributed by atoms with Crippen LogP contribution in [0.5, 0.6) is 0 Å². The normalized spacial score (nSPS) is 14.4. The molecule has 0 aliphatic heterocycles. The highest BCUT2D eigenvalue weighted by atomic mass is 16.5. The van der Waals surface area contributed by atoms with Gasteiger partial charge in [-0.05, 0) is 19.5 Å². The van der Waals surface area contributed by atoms with Crippen LogP contribution in [0.25, 0.3) is 0 Å². The molecule has 4 heteroatoms. The molecule has 1 rings (SSSR count). The smallest absolute Gasteiger partial charge is 0.323 e. The standard InChI is InChI=1S/C12H17NO3/c1-9(11(13-2)12(14)15)16-8-10-6-4-3-5-7-10/h3-7,9,11,13H,8H2,1-2H3,(H,14,15)/t9-,11-/m1/s1. The Morgan fingerprint density at radius 1 is 1.44 bits per heavy atom. The monoisotopic (exact) mass is 223 g/mol. The van der Waals surface area contributed by atoms with E-state index >= 15 is 0 Å². The lowest BCUT2D eigenvalue weighted by atomic mass is 10.2. The number of hydrogen-bond acceptors (Lipinski definition) is 3. The van der Waals surface area contributed by atoms with Gasteiger partial charge < -0.3 is 15.2 Å². The number of carboxylic acids is 1. The summed E-state index contributed by atoms with van der Waals surface area (Å²) in [7, 11) is 1.61. The van der Waals surface area contributed by atoms with Gasteiger partial charge in [-0.15, -0.1) is 0 Å². The van der Waals surface area contributed by atoms with Gasteiger partial charge in [0, 0.05) is 0 Å². The average molecular weight is 223 g/mol. The summed E-state index contributed by atoms with van der Waals surface area (Å²) in [6.07, 6.45) is -0.372. The second-order valence-corrected chi connectivity index (χ2v) is 3.61. The van der Waals surface area contributed by atoms with Gasteiger partial charge in [0.25, 0.3) is 0 Å². The number of likely N-dealkylation sites (N-methyl/N-ethyl adjacent to an activating group) is 1. The van der Waals surface area contributed by atoms with Gasteiger partial charge in [-0.25, -0.2) is 0 Å². The van der Waals surface area contributed by atoms with Gasteiger partial charge >= 0.3 is 5.97 Å². The number of carbonyl (C=O) groups is 1. The summed E-state index contributed by atoms with van der Waals surface area (Å²) in [5, 5.41) is 11.6. The molecule has 0 fully saturated rings. The minimum atomic E-state index is -0.900. The van der Waals surface area contributed by atoms with Crippen molar-refractivity contribution in [1.29, 1.82) is 0 Å². The van der Waals surface area contributed by atoms with Gasteiger partial charge in [-0.2, -0.15) is 0 Å². The summed E-state index contributed by atoms with van der Waals surface area (Å²) < 4.78 is 5.50. The third kappa shape index (κ3) is 3.64. The van der Waals surface area contributed by atoms with Gasteiger partial charge in [-0.1, -0.05) is 30.3 Å². The summed E-state index contributed by atoms with van der Waals surface area (Å²) in [6, 6.07) is 9.00. The first kappa shape index (κ1) is 12.7. The summed E-state index contributed by atoms with van der Waals surface area (Å²) >= 11 is 0. The van der Waals surface area contributed by atoms with Gasteiger partial charge in [0.15, 0.2) is 0 Å². The second kappa shape index (κ2) is 6.25. The lowest BCUT2D eigenvalue weighted by Crippen LogP contribution is -2.43. The van der Waals surface area contributed by atoms with Crippen molar-refractivity contribution in [2.24, 2.45) is 0 Å². The van der Waals surface area contributed by atoms with E-state index in [1.54, 1.807) is 14.0 Å². The molecule has 1 aromatic rings. The first-order valence-electron chi connectivity index (χ1n) is 5.20. The number of nitrogens with one attached hydrogen (secondary N) is 1. The molecule has 0 saturated heterocycles. The minimum absolute atomic E-state index is 0.372. The Kier molecular flexibility index (Phi) is 4.95. The molecule has 0 saturated carbocycles. The predicted molar refractivity (Wildman–Crippen MR) is 61.2 cm³/mol. The van der Waals surface area contributed by atoms with E-state index in [2.05, 4.69) is 5.32 Å². The fourth-order valence-electron chi connectivity index (χ4n) is 1.46. The Morgan fingerprint density at radius 3 is 2.56 bits per heavy atom. The van der Waals surface area contributed by atoms with Crippen molar-refractivity contribution in [2.75, 3.05) is 7.05 Å². The molecule has 0 unspecified atom stereocenters. The SMILES string of the molecule is CN[C@@H](C(=O)O)[C@@H](C)OCc1ccccc1. The quantitative estimate of drug-likeness (QED) is 0.762. The zero-order valence-electron chi connectivity index (χ0n) is 9.51. The molecule has 16 heavy (non-hydrogen) atoms. The van der Waals surface area contributed by atoms with Gasteiger partial charge in [-0.3, -0.25) is 4.79 Å². The van der Waals surface area contributed by atoms with Crippen molar-refractivity contribution < 1.29 is 14.6 Å². The molecule has 88 valence electrons. The van der Waals surface area contributed by atoms with Crippen LogP contribution in [0.4, 0.5) is 0 Å². The summed E-state index contributed by atoms with van der Waals surface area (Å²) in [5.41, 5.74) is 1.04. The second-order valence-electron chi connectivity index (χ2n) is 3.61. The number of ether oxygens (including phenoxy) is 1. The Hall–Kier alpha value is -1.39. The van der Waals surface area contributed by atoms with Crippen molar-refractivity contribution in [3.63, 3.8) is 0 Å². The summed E-state index contributed by atoms with van der Waals surface area (Å²) in [5.74, 6) is -0.900. The molecule has 4 nitrogen and oxygen atoms in total. The van der Waals surface area contributed by atoms with E-state index in [9.17, 15) is 4.79 Å². The highest BCUT2D eigenvalue weighted by Crippen LogP contribution is 2.06. The highest BCUT2D eigenvalue weighted by molar-refractivity contribution is 5.74. The molecule has 2 atom stereocenters. The predicted octanol–water partition coefficient (Wildman–Crippen LogP) is 1.26. The minimum Gasteiger partial charge on any atom is -0.480 e. The molecule has 0 amide bonds. The average Bonchev–Trinajstić information content (AvgIpc) is 2.28. The molecule has 0 aliphatic rings. The van der Waals surface area contributed by atoms with Crippen molar-refractivity contribution in [3.05, 3.63) is 35.9 Å². The van der Waals surface area contributed by atoms with E-state index in [0.717, 1.165) is 5.56 Å². The maximum atomic E-state index is 10.8. The summed E-state index contributed by atoms with van der Waals surface area (Å²) in [6.45, 7) is 2.17. The molecule has 0 spiro atoms. The maximum Gasteiger partial charge on any atom is 0.323 e. The molecule has 0 bridgehead atoms. The van der Waals surface area contributed by atoms with Crippen LogP contribution in [0.15, 0.2) is 30.3 Å². The van der Waals surface area contributed by atoms with Crippen molar-refractivity contribution in [2.45, 2.75) is 25.7 Å². The van der Waals surface area contributed by atoms with Crippen LogP contribution in [0.3, 0.4) is 0 Å². The van der Waals surface area contributed by atoms with E-state index in [4.69, 9.17) is 9.84 Å². The third-order valence-corrected chi connectivity index (χ3v) is 2.40. The summed E-state index contributed by atoms with van der Waals surface area (Å²) in [4.78, 5) is 10.8. The first-order valence-corrected chi connectivity index (χ1v) is 5.20. The fourth-order valence-corrected chi connectivity index (χ4v) is 1.46. The maximum absolute atomic E-state index is 10.8. The van der Waals surface area contributed by atoms with Crippen LogP contribution in [0.2, 0.25) is 0 Å². The van der Waals surface area contributed by atoms with Gasteiger partial charge in [0.2, 0.25) is 0 Å². The largest absolute Gasteiger partial charge is 0.480 e. The molecule has 0 heterocycles. The Morgan fingerprint density at radius 2 is 2.06 bits per heavy atom. The Bertz CT molecular complexity index is 326. The lowest BCUT2D eigenvalue weighted by Gasteiger charge is -2.20. The zero-order chi connectivity index (χ0) is 12.0. The number of benzene rings is 1. The number of aliphatic carboxylic acids is 1. The van der Waals surface area contributed by atoms with Crippen molar-refractivity contribution in [3.8, 4) is 0 Å². The van der Waals surface area contributed by atoms with Crippen LogP contribution in [-0.2, 0) is 16.1 Å². The van der Waals surface area contributed by atoms with E-state index in [1.807, 2.05) is 30.3 Å². The molecule has 0 aliphatic carbocycles. The van der Waals surface area contributed by atoms with Gasteiger partial charge in [0.05, 0.1) is 12.7 Å². The van der Waals surface area contributed by atoms with Crippen LogP contribution >= 0.6 is 0 Å². The molecule has 2 N–H and O–H groups in total. The number of rotatable bonds is 6. The highest BCUT2D eigenvalue weighted by Gasteiger charge is 2.23. The Balaban J connectivity index is 2.46. The van der Waals surface area contributed by atoms with Crippen LogP contribution in [0.1, 0.15) is 12.5 Å². The molecule has 0 aromatic heterocycles. The molecular weight excluding hydrogens is 206 g/mol. The number of carboxylic acid groups (broad SMARTS) is 1. The Labute approximate surface area is 95.2 Å². The fraction of sp³-hybridized carbons (Fsp3) is 0.417. The number of hydrogen-bond donors (Lipinski definition) is 2. The van der Waals surface area contributed by atoms with Crippen LogP contribution in [-0.4, -0.2) is 30.3 Å². The van der Waals surface area contributed by atoms with E-state index in [0.29, 0.717) is 6.61 Å². The van der Waals surface area contributed by atoms with Crippen molar-refractivity contribution >= 4 is 5.97 Å².